The van der Waals surface area contributed by atoms with Gasteiger partial charge in [0, 0.05) is 35.3 Å². The van der Waals surface area contributed by atoms with Crippen LogP contribution in [0.4, 0.5) is 5.69 Å². The summed E-state index contributed by atoms with van der Waals surface area (Å²) >= 11 is 9.42. The second kappa shape index (κ2) is 6.27. The minimum Gasteiger partial charge on any atom is -0.367 e. The lowest BCUT2D eigenvalue weighted by molar-refractivity contribution is 0.452. The van der Waals surface area contributed by atoms with Gasteiger partial charge in [0.25, 0.3) is 0 Å². The number of alkyl halides is 1. The molecule has 1 aliphatic rings. The molecule has 20 heavy (non-hydrogen) atoms. The minimum atomic E-state index is 0.525. The summed E-state index contributed by atoms with van der Waals surface area (Å²) in [5, 5.41) is 0. The van der Waals surface area contributed by atoms with Gasteiger partial charge in [0.2, 0.25) is 0 Å². The second-order valence-corrected chi connectivity index (χ2v) is 6.47. The molecule has 5 heteroatoms. The fourth-order valence-electron chi connectivity index (χ4n) is 2.97. The lowest BCUT2D eigenvalue weighted by Crippen LogP contribution is -2.40. The molecule has 2 aromatic heterocycles. The average Bonchev–Trinajstić information content (AvgIpc) is 2.47. The van der Waals surface area contributed by atoms with Gasteiger partial charge < -0.3 is 4.90 Å². The van der Waals surface area contributed by atoms with Gasteiger partial charge in [-0.3, -0.25) is 9.97 Å². The van der Waals surface area contributed by atoms with Crippen molar-refractivity contribution >= 4 is 44.3 Å². The summed E-state index contributed by atoms with van der Waals surface area (Å²) < 4.78 is 0.964. The monoisotopic (exact) mass is 353 g/mol. The predicted molar refractivity (Wildman–Crippen MR) is 87.6 cm³/mol. The molecule has 1 saturated heterocycles. The number of fused-ring (bicyclic) bond motifs is 1. The molecule has 1 unspecified atom stereocenters. The summed E-state index contributed by atoms with van der Waals surface area (Å²) in [6.07, 6.45) is 8.49. The van der Waals surface area contributed by atoms with Crippen LogP contribution in [0.25, 0.3) is 11.0 Å². The molecule has 1 aliphatic heterocycles. The van der Waals surface area contributed by atoms with E-state index < -0.39 is 0 Å². The lowest BCUT2D eigenvalue weighted by Gasteiger charge is -2.37. The van der Waals surface area contributed by atoms with Gasteiger partial charge in [-0.1, -0.05) is 0 Å². The molecule has 3 heterocycles. The van der Waals surface area contributed by atoms with Crippen molar-refractivity contribution in [2.45, 2.75) is 31.7 Å². The molecule has 0 amide bonds. The summed E-state index contributed by atoms with van der Waals surface area (Å²) in [6.45, 7) is 1.08. The Hall–Kier alpha value is -0.870. The highest BCUT2D eigenvalue weighted by atomic mass is 79.9. The van der Waals surface area contributed by atoms with Crippen molar-refractivity contribution in [1.82, 2.24) is 9.97 Å². The number of rotatable bonds is 3. The summed E-state index contributed by atoms with van der Waals surface area (Å²) in [6, 6.07) is 4.62. The Kier molecular flexibility index (Phi) is 4.41. The van der Waals surface area contributed by atoms with Crippen LogP contribution in [0.15, 0.2) is 29.0 Å². The Morgan fingerprint density at radius 2 is 2.25 bits per heavy atom. The van der Waals surface area contributed by atoms with Crippen LogP contribution in [0.1, 0.15) is 25.7 Å². The fraction of sp³-hybridized carbons (Fsp3) is 0.467. The molecule has 0 bridgehead atoms. The maximum Gasteiger partial charge on any atom is 0.112 e. The van der Waals surface area contributed by atoms with Gasteiger partial charge in [0.05, 0.1) is 11.2 Å². The van der Waals surface area contributed by atoms with E-state index in [1.165, 1.54) is 24.9 Å². The third-order valence-electron chi connectivity index (χ3n) is 3.90. The molecule has 0 aliphatic carbocycles. The molecule has 3 nitrogen and oxygen atoms in total. The van der Waals surface area contributed by atoms with Crippen LogP contribution >= 0.6 is 27.5 Å². The van der Waals surface area contributed by atoms with E-state index in [-0.39, 0.29) is 0 Å². The maximum atomic E-state index is 5.97. The number of nitrogens with zero attached hydrogens (tertiary/aromatic N) is 3. The van der Waals surface area contributed by atoms with E-state index >= 15 is 0 Å². The van der Waals surface area contributed by atoms with E-state index in [2.05, 4.69) is 36.9 Å². The summed E-state index contributed by atoms with van der Waals surface area (Å²) in [7, 11) is 0. The molecule has 0 saturated carbocycles. The van der Waals surface area contributed by atoms with Crippen LogP contribution in [0, 0.1) is 0 Å². The predicted octanol–water partition coefficient (Wildman–Crippen LogP) is 4.38. The zero-order chi connectivity index (χ0) is 13.9. The molecular formula is C15H17BrClN3. The zero-order valence-electron chi connectivity index (χ0n) is 11.2. The van der Waals surface area contributed by atoms with E-state index in [4.69, 9.17) is 11.6 Å². The van der Waals surface area contributed by atoms with Crippen molar-refractivity contribution in [3.63, 3.8) is 0 Å². The largest absolute Gasteiger partial charge is 0.367 e. The maximum absolute atomic E-state index is 5.97. The third-order valence-corrected chi connectivity index (χ3v) is 4.55. The molecular weight excluding hydrogens is 338 g/mol. The van der Waals surface area contributed by atoms with Crippen molar-refractivity contribution < 1.29 is 0 Å². The zero-order valence-corrected chi connectivity index (χ0v) is 13.6. The highest BCUT2D eigenvalue weighted by molar-refractivity contribution is 9.10. The van der Waals surface area contributed by atoms with Crippen LogP contribution in [0.5, 0.6) is 0 Å². The normalized spacial score (nSPS) is 19.5. The molecule has 2 aromatic rings. The number of aromatic nitrogens is 2. The van der Waals surface area contributed by atoms with E-state index in [1.54, 1.807) is 0 Å². The van der Waals surface area contributed by atoms with Crippen LogP contribution in [0.2, 0.25) is 0 Å². The number of piperidine rings is 1. The number of hydrogen-bond acceptors (Lipinski definition) is 3. The Morgan fingerprint density at radius 1 is 1.35 bits per heavy atom. The fourth-order valence-corrected chi connectivity index (χ4v) is 3.54. The van der Waals surface area contributed by atoms with Gasteiger partial charge in [0.15, 0.2) is 0 Å². The van der Waals surface area contributed by atoms with E-state index in [0.717, 1.165) is 28.5 Å². The average molecular weight is 355 g/mol. The van der Waals surface area contributed by atoms with Gasteiger partial charge in [-0.15, -0.1) is 11.6 Å². The first-order chi connectivity index (χ1) is 9.79. The van der Waals surface area contributed by atoms with Crippen LogP contribution in [0.3, 0.4) is 0 Å². The van der Waals surface area contributed by atoms with E-state index in [1.807, 2.05) is 18.5 Å². The molecule has 1 fully saturated rings. The molecule has 0 N–H and O–H groups in total. The first kappa shape index (κ1) is 14.1. The van der Waals surface area contributed by atoms with Crippen molar-refractivity contribution in [3.8, 4) is 0 Å². The van der Waals surface area contributed by atoms with Crippen LogP contribution < -0.4 is 4.90 Å². The first-order valence-electron chi connectivity index (χ1n) is 7.02. The highest BCUT2D eigenvalue weighted by Gasteiger charge is 2.24. The Morgan fingerprint density at radius 3 is 3.10 bits per heavy atom. The van der Waals surface area contributed by atoms with Crippen molar-refractivity contribution in [2.24, 2.45) is 0 Å². The molecule has 106 valence electrons. The minimum absolute atomic E-state index is 0.525. The number of halogens is 2. The lowest BCUT2D eigenvalue weighted by atomic mass is 9.99. The molecule has 1 atom stereocenters. The Labute approximate surface area is 132 Å². The third kappa shape index (κ3) is 2.77. The standard InChI is InChI=1S/C15H17BrClN3/c16-11-9-13-15(19-10-11)14(5-7-18-13)20-8-2-1-3-12(20)4-6-17/h5,7,9-10,12H,1-4,6,8H2. The smallest absolute Gasteiger partial charge is 0.112 e. The van der Waals surface area contributed by atoms with Crippen LogP contribution in [-0.2, 0) is 0 Å². The topological polar surface area (TPSA) is 29.0 Å². The van der Waals surface area contributed by atoms with Gasteiger partial charge >= 0.3 is 0 Å². The Balaban J connectivity index is 2.03. The quantitative estimate of drug-likeness (QED) is 0.766. The number of anilines is 1. The van der Waals surface area contributed by atoms with Gasteiger partial charge in [0.1, 0.15) is 5.52 Å². The van der Waals surface area contributed by atoms with Crippen LogP contribution in [-0.4, -0.2) is 28.4 Å². The number of pyridine rings is 2. The van der Waals surface area contributed by atoms with Gasteiger partial charge in [-0.05, 0) is 53.7 Å². The molecule has 0 aromatic carbocycles. The van der Waals surface area contributed by atoms with E-state index in [9.17, 15) is 0 Å². The summed E-state index contributed by atoms with van der Waals surface area (Å²) in [5.41, 5.74) is 3.11. The van der Waals surface area contributed by atoms with Crippen molar-refractivity contribution in [3.05, 3.63) is 29.0 Å². The summed E-state index contributed by atoms with van der Waals surface area (Å²) in [5.74, 6) is 0.711. The van der Waals surface area contributed by atoms with E-state index in [0.29, 0.717) is 11.9 Å². The Bertz CT molecular complexity index is 603. The van der Waals surface area contributed by atoms with Crippen molar-refractivity contribution in [2.75, 3.05) is 17.3 Å². The summed E-state index contributed by atoms with van der Waals surface area (Å²) in [4.78, 5) is 11.5. The molecule has 3 rings (SSSR count). The molecule has 0 radical (unpaired) electrons. The second-order valence-electron chi connectivity index (χ2n) is 5.17. The first-order valence-corrected chi connectivity index (χ1v) is 8.35. The number of hydrogen-bond donors (Lipinski definition) is 0. The SMILES string of the molecule is ClCCC1CCCCN1c1ccnc2cc(Br)cnc12. The van der Waals surface area contributed by atoms with Crippen molar-refractivity contribution in [1.29, 1.82) is 0 Å². The van der Waals surface area contributed by atoms with Gasteiger partial charge in [-0.25, -0.2) is 0 Å². The molecule has 0 spiro atoms. The van der Waals surface area contributed by atoms with Gasteiger partial charge in [-0.2, -0.15) is 0 Å². The highest BCUT2D eigenvalue weighted by Crippen LogP contribution is 2.31.